The molecule has 3 heterocycles. The average molecular weight is 489 g/mol. The minimum atomic E-state index is -4.96. The van der Waals surface area contributed by atoms with Gasteiger partial charge in [-0.15, -0.1) is 11.3 Å². The lowest BCUT2D eigenvalue weighted by molar-refractivity contribution is -0.138. The summed E-state index contributed by atoms with van der Waals surface area (Å²) in [5.74, 6) is -2.04. The van der Waals surface area contributed by atoms with Gasteiger partial charge in [0.15, 0.2) is 11.6 Å². The van der Waals surface area contributed by atoms with Crippen LogP contribution in [-0.4, -0.2) is 49.3 Å². The van der Waals surface area contributed by atoms with Crippen LogP contribution in [0, 0.1) is 11.7 Å². The van der Waals surface area contributed by atoms with Crippen LogP contribution in [0.5, 0.6) is 0 Å². The van der Waals surface area contributed by atoms with Crippen molar-refractivity contribution in [3.05, 3.63) is 22.3 Å². The number of fused-ring (bicyclic) bond motifs is 1. The number of carbonyl (C=O) groups is 2. The molecule has 1 atom stereocenters. The largest absolute Gasteiger partial charge is 0.446 e. The lowest BCUT2D eigenvalue weighted by Gasteiger charge is -2.33. The molecule has 0 bridgehead atoms. The maximum Gasteiger partial charge on any atom is 0.420 e. The van der Waals surface area contributed by atoms with Crippen LogP contribution in [-0.2, 0) is 10.9 Å². The molecule has 0 spiro atoms. The second-order valence-corrected chi connectivity index (χ2v) is 9.27. The normalized spacial score (nSPS) is 18.3. The number of rotatable bonds is 5. The Morgan fingerprint density at radius 2 is 1.91 bits per heavy atom. The molecule has 1 unspecified atom stereocenters. The van der Waals surface area contributed by atoms with Crippen molar-refractivity contribution in [1.29, 1.82) is 0 Å². The zero-order chi connectivity index (χ0) is 23.9. The first-order valence-corrected chi connectivity index (χ1v) is 11.6. The monoisotopic (exact) mass is 488 g/mol. The Hall–Kier alpha value is -2.63. The summed E-state index contributed by atoms with van der Waals surface area (Å²) < 4.78 is 61.3. The van der Waals surface area contributed by atoms with Crippen molar-refractivity contribution in [2.75, 3.05) is 25.0 Å². The van der Waals surface area contributed by atoms with Gasteiger partial charge in [0.2, 0.25) is 0 Å². The molecule has 4 rings (SSSR count). The van der Waals surface area contributed by atoms with Gasteiger partial charge in [0.05, 0.1) is 15.8 Å². The summed E-state index contributed by atoms with van der Waals surface area (Å²) in [7, 11) is 1.35. The number of aromatic nitrogens is 1. The smallest absolute Gasteiger partial charge is 0.420 e. The SMILES string of the molecule is CNC(=O)c1csc2c(C(F)(F)F)c(F)c(N3CCC(OC(=O)NC(C)C4CC4)CC3)nc12. The molecule has 1 aliphatic heterocycles. The third-order valence-electron chi connectivity index (χ3n) is 6.07. The van der Waals surface area contributed by atoms with Gasteiger partial charge in [0, 0.05) is 44.4 Å². The molecule has 12 heteroatoms. The van der Waals surface area contributed by atoms with Crippen LogP contribution >= 0.6 is 11.3 Å². The second-order valence-electron chi connectivity index (χ2n) is 8.39. The topological polar surface area (TPSA) is 83.6 Å². The Labute approximate surface area is 191 Å². The number of amides is 2. The van der Waals surface area contributed by atoms with E-state index in [-0.39, 0.29) is 30.2 Å². The molecule has 1 saturated carbocycles. The van der Waals surface area contributed by atoms with E-state index in [9.17, 15) is 22.8 Å². The Bertz CT molecular complexity index is 1060. The number of pyridine rings is 1. The third kappa shape index (κ3) is 4.85. The molecular weight excluding hydrogens is 464 g/mol. The zero-order valence-corrected chi connectivity index (χ0v) is 18.9. The van der Waals surface area contributed by atoms with Crippen LogP contribution in [0.25, 0.3) is 10.2 Å². The van der Waals surface area contributed by atoms with Gasteiger partial charge in [0.1, 0.15) is 11.7 Å². The summed E-state index contributed by atoms with van der Waals surface area (Å²) >= 11 is 0.633. The number of alkyl carbamates (subject to hydrolysis) is 1. The van der Waals surface area contributed by atoms with Gasteiger partial charge < -0.3 is 20.3 Å². The number of halogens is 4. The predicted molar refractivity (Wildman–Crippen MR) is 115 cm³/mol. The van der Waals surface area contributed by atoms with Crippen molar-refractivity contribution in [1.82, 2.24) is 15.6 Å². The van der Waals surface area contributed by atoms with Crippen LogP contribution in [0.2, 0.25) is 0 Å². The number of thiophene rings is 1. The van der Waals surface area contributed by atoms with Gasteiger partial charge in [-0.3, -0.25) is 4.79 Å². The van der Waals surface area contributed by atoms with Crippen LogP contribution < -0.4 is 15.5 Å². The number of anilines is 1. The van der Waals surface area contributed by atoms with E-state index < -0.39 is 46.2 Å². The minimum absolute atomic E-state index is 0.0310. The zero-order valence-electron chi connectivity index (χ0n) is 18.1. The molecule has 180 valence electrons. The van der Waals surface area contributed by atoms with E-state index in [0.717, 1.165) is 12.8 Å². The van der Waals surface area contributed by atoms with E-state index >= 15 is 4.39 Å². The lowest BCUT2D eigenvalue weighted by Crippen LogP contribution is -2.42. The fourth-order valence-electron chi connectivity index (χ4n) is 4.04. The molecule has 1 saturated heterocycles. The number of alkyl halides is 3. The summed E-state index contributed by atoms with van der Waals surface area (Å²) in [5, 5.41) is 6.41. The van der Waals surface area contributed by atoms with Gasteiger partial charge in [-0.05, 0) is 25.7 Å². The number of nitrogens with one attached hydrogen (secondary N) is 2. The highest BCUT2D eigenvalue weighted by atomic mass is 32.1. The van der Waals surface area contributed by atoms with Crippen molar-refractivity contribution in [3.8, 4) is 0 Å². The molecule has 2 aromatic rings. The highest BCUT2D eigenvalue weighted by Crippen LogP contribution is 2.43. The molecule has 2 aliphatic rings. The molecule has 0 aromatic carbocycles. The number of nitrogens with zero attached hydrogens (tertiary/aromatic N) is 2. The lowest BCUT2D eigenvalue weighted by atomic mass is 10.1. The van der Waals surface area contributed by atoms with Gasteiger partial charge in [-0.25, -0.2) is 14.2 Å². The first-order valence-electron chi connectivity index (χ1n) is 10.7. The average Bonchev–Trinajstić information content (AvgIpc) is 3.53. The Morgan fingerprint density at radius 1 is 1.24 bits per heavy atom. The van der Waals surface area contributed by atoms with E-state index in [1.54, 1.807) is 0 Å². The van der Waals surface area contributed by atoms with Crippen LogP contribution in [0.15, 0.2) is 5.38 Å². The first-order chi connectivity index (χ1) is 15.6. The molecule has 2 amide bonds. The highest BCUT2D eigenvalue weighted by molar-refractivity contribution is 7.17. The molecule has 2 fully saturated rings. The van der Waals surface area contributed by atoms with E-state index in [1.165, 1.54) is 17.3 Å². The maximum absolute atomic E-state index is 15.1. The Kier molecular flexibility index (Phi) is 6.39. The fraction of sp³-hybridized carbons (Fsp3) is 0.571. The summed E-state index contributed by atoms with van der Waals surface area (Å²) in [6.07, 6.45) is -3.11. The summed E-state index contributed by atoms with van der Waals surface area (Å²) in [4.78, 5) is 29.7. The first kappa shape index (κ1) is 23.5. The third-order valence-corrected chi connectivity index (χ3v) is 7.06. The molecular formula is C21H24F4N4O3S. The highest BCUT2D eigenvalue weighted by Gasteiger charge is 2.41. The van der Waals surface area contributed by atoms with Crippen molar-refractivity contribution in [2.45, 2.75) is 50.9 Å². The van der Waals surface area contributed by atoms with Gasteiger partial charge in [0.25, 0.3) is 5.91 Å². The number of hydrogen-bond acceptors (Lipinski definition) is 6. The van der Waals surface area contributed by atoms with E-state index in [4.69, 9.17) is 4.74 Å². The van der Waals surface area contributed by atoms with Crippen LogP contribution in [0.4, 0.5) is 28.2 Å². The molecule has 2 N–H and O–H groups in total. The number of piperidine rings is 1. The van der Waals surface area contributed by atoms with E-state index in [0.29, 0.717) is 30.1 Å². The minimum Gasteiger partial charge on any atom is -0.446 e. The second kappa shape index (κ2) is 8.96. The summed E-state index contributed by atoms with van der Waals surface area (Å²) in [5.41, 5.74) is -1.65. The van der Waals surface area contributed by atoms with Gasteiger partial charge in [-0.1, -0.05) is 0 Å². The molecule has 33 heavy (non-hydrogen) atoms. The molecule has 2 aromatic heterocycles. The molecule has 0 radical (unpaired) electrons. The maximum atomic E-state index is 15.1. The summed E-state index contributed by atoms with van der Waals surface area (Å²) in [6, 6.07) is 0.0310. The standard InChI is InChI=1S/C21H24F4N4O3S/c1-10(11-3-4-11)27-20(31)32-12-5-7-29(8-6-12)18-15(22)14(21(23,24)25)17-16(28-18)13(9-33-17)19(30)26-2/h9-12H,3-8H2,1-2H3,(H,26,30)(H,27,31). The van der Waals surface area contributed by atoms with Crippen molar-refractivity contribution in [2.24, 2.45) is 5.92 Å². The predicted octanol–water partition coefficient (Wildman–Crippen LogP) is 4.31. The molecule has 7 nitrogen and oxygen atoms in total. The van der Waals surface area contributed by atoms with Crippen LogP contribution in [0.1, 0.15) is 48.5 Å². The van der Waals surface area contributed by atoms with E-state index in [1.807, 2.05) is 6.92 Å². The van der Waals surface area contributed by atoms with Crippen molar-refractivity contribution in [3.63, 3.8) is 0 Å². The van der Waals surface area contributed by atoms with Crippen molar-refractivity contribution < 1.29 is 31.9 Å². The van der Waals surface area contributed by atoms with Gasteiger partial charge >= 0.3 is 12.3 Å². The Morgan fingerprint density at radius 3 is 2.48 bits per heavy atom. The molecule has 1 aliphatic carbocycles. The number of carbonyl (C=O) groups excluding carboxylic acids is 2. The summed E-state index contributed by atoms with van der Waals surface area (Å²) in [6.45, 7) is 2.23. The van der Waals surface area contributed by atoms with Gasteiger partial charge in [-0.2, -0.15) is 13.2 Å². The van der Waals surface area contributed by atoms with Crippen LogP contribution in [0.3, 0.4) is 0 Å². The number of hydrogen-bond donors (Lipinski definition) is 2. The Balaban J connectivity index is 1.54. The quantitative estimate of drug-likeness (QED) is 0.613. The number of ether oxygens (including phenoxy) is 1. The van der Waals surface area contributed by atoms with E-state index in [2.05, 4.69) is 15.6 Å². The fourth-order valence-corrected chi connectivity index (χ4v) is 5.08. The van der Waals surface area contributed by atoms with Crippen molar-refractivity contribution >= 4 is 39.4 Å².